The Bertz CT molecular complexity index is 455. The average molecular weight is 357 g/mol. The molecule has 116 valence electrons. The van der Waals surface area contributed by atoms with Gasteiger partial charge in [0.2, 0.25) is 0 Å². The van der Waals surface area contributed by atoms with Crippen LogP contribution in [0.3, 0.4) is 0 Å². The van der Waals surface area contributed by atoms with Crippen molar-refractivity contribution in [2.24, 2.45) is 5.92 Å². The van der Waals surface area contributed by atoms with Gasteiger partial charge in [-0.15, -0.1) is 0 Å². The molecule has 3 nitrogen and oxygen atoms in total. The van der Waals surface area contributed by atoms with Gasteiger partial charge < -0.3 is 10.1 Å². The molecule has 1 aromatic rings. The van der Waals surface area contributed by atoms with Crippen LogP contribution in [-0.4, -0.2) is 44.3 Å². The minimum atomic E-state index is -0.167. The van der Waals surface area contributed by atoms with E-state index in [2.05, 4.69) is 32.2 Å². The summed E-state index contributed by atoms with van der Waals surface area (Å²) in [6.07, 6.45) is 2.12. The van der Waals surface area contributed by atoms with Crippen molar-refractivity contribution >= 4 is 15.9 Å². The fourth-order valence-corrected chi connectivity index (χ4v) is 3.72. The van der Waals surface area contributed by atoms with E-state index < -0.39 is 0 Å². The Kier molecular flexibility index (Phi) is 5.27. The highest BCUT2D eigenvalue weighted by Gasteiger charge is 2.31. The Morgan fingerprint density at radius 1 is 1.24 bits per heavy atom. The third-order valence-corrected chi connectivity index (χ3v) is 5.19. The largest absolute Gasteiger partial charge is 0.381 e. The lowest BCUT2D eigenvalue weighted by atomic mass is 9.85. The maximum atomic E-state index is 14.0. The molecule has 2 heterocycles. The molecule has 0 spiro atoms. The lowest BCUT2D eigenvalue weighted by molar-refractivity contribution is 0.0212. The molecule has 1 atom stereocenters. The van der Waals surface area contributed by atoms with Gasteiger partial charge >= 0.3 is 0 Å². The Morgan fingerprint density at radius 2 is 1.95 bits per heavy atom. The van der Waals surface area contributed by atoms with Gasteiger partial charge in [0.1, 0.15) is 5.82 Å². The van der Waals surface area contributed by atoms with Gasteiger partial charge in [0.15, 0.2) is 0 Å². The number of nitrogens with one attached hydrogen (secondary N) is 1. The topological polar surface area (TPSA) is 24.5 Å². The lowest BCUT2D eigenvalue weighted by Crippen LogP contribution is -2.47. The van der Waals surface area contributed by atoms with Gasteiger partial charge in [-0.05, 0) is 52.4 Å². The molecule has 0 saturated carbocycles. The van der Waals surface area contributed by atoms with Crippen LogP contribution in [0.15, 0.2) is 22.7 Å². The second kappa shape index (κ2) is 7.18. The normalized spacial score (nSPS) is 23.1. The Balaban J connectivity index is 1.87. The molecule has 2 aliphatic heterocycles. The van der Waals surface area contributed by atoms with Gasteiger partial charge in [-0.2, -0.15) is 0 Å². The van der Waals surface area contributed by atoms with Crippen molar-refractivity contribution in [1.82, 2.24) is 10.2 Å². The Hall–Kier alpha value is -0.490. The number of benzene rings is 1. The van der Waals surface area contributed by atoms with Gasteiger partial charge in [-0.1, -0.05) is 6.07 Å². The van der Waals surface area contributed by atoms with E-state index in [9.17, 15) is 4.39 Å². The number of piperazine rings is 1. The van der Waals surface area contributed by atoms with Gasteiger partial charge in [0, 0.05) is 45.4 Å². The first-order valence-corrected chi connectivity index (χ1v) is 8.52. The van der Waals surface area contributed by atoms with E-state index in [4.69, 9.17) is 4.74 Å². The summed E-state index contributed by atoms with van der Waals surface area (Å²) in [7, 11) is 0. The van der Waals surface area contributed by atoms with Gasteiger partial charge in [0.05, 0.1) is 4.47 Å². The van der Waals surface area contributed by atoms with E-state index in [1.807, 2.05) is 6.07 Å². The zero-order valence-electron chi connectivity index (χ0n) is 12.2. The van der Waals surface area contributed by atoms with Crippen LogP contribution in [0.25, 0.3) is 0 Å². The molecule has 0 unspecified atom stereocenters. The summed E-state index contributed by atoms with van der Waals surface area (Å²) in [5, 5.41) is 3.40. The Morgan fingerprint density at radius 3 is 2.62 bits per heavy atom. The summed E-state index contributed by atoms with van der Waals surface area (Å²) in [5.41, 5.74) is 1.10. The molecule has 0 aliphatic carbocycles. The van der Waals surface area contributed by atoms with E-state index in [1.54, 1.807) is 6.07 Å². The maximum absolute atomic E-state index is 14.0. The van der Waals surface area contributed by atoms with Crippen LogP contribution < -0.4 is 5.32 Å². The first-order chi connectivity index (χ1) is 10.3. The SMILES string of the molecule is Fc1cc([C@H](C2CCOCC2)N2CCNCC2)ccc1Br. The molecule has 1 N–H and O–H groups in total. The molecule has 0 aromatic heterocycles. The predicted molar refractivity (Wildman–Crippen MR) is 84.8 cm³/mol. The molecule has 2 fully saturated rings. The lowest BCUT2D eigenvalue weighted by Gasteiger charge is -2.41. The second-order valence-electron chi connectivity index (χ2n) is 5.85. The van der Waals surface area contributed by atoms with Crippen LogP contribution in [0.2, 0.25) is 0 Å². The summed E-state index contributed by atoms with van der Waals surface area (Å²) < 4.78 is 20.0. The van der Waals surface area contributed by atoms with Crippen LogP contribution >= 0.6 is 15.9 Å². The molecular formula is C16H22BrFN2O. The number of rotatable bonds is 3. The second-order valence-corrected chi connectivity index (χ2v) is 6.71. The minimum absolute atomic E-state index is 0.167. The van der Waals surface area contributed by atoms with Crippen molar-refractivity contribution in [2.45, 2.75) is 18.9 Å². The van der Waals surface area contributed by atoms with E-state index in [-0.39, 0.29) is 5.82 Å². The molecule has 2 saturated heterocycles. The van der Waals surface area contributed by atoms with Crippen molar-refractivity contribution in [3.05, 3.63) is 34.1 Å². The van der Waals surface area contributed by atoms with Crippen molar-refractivity contribution in [2.75, 3.05) is 39.4 Å². The molecule has 0 amide bonds. The van der Waals surface area contributed by atoms with Gasteiger partial charge in [0.25, 0.3) is 0 Å². The van der Waals surface area contributed by atoms with E-state index >= 15 is 0 Å². The number of hydrogen-bond acceptors (Lipinski definition) is 3. The molecule has 1 aromatic carbocycles. The van der Waals surface area contributed by atoms with Crippen molar-refractivity contribution < 1.29 is 9.13 Å². The zero-order valence-corrected chi connectivity index (χ0v) is 13.7. The summed E-state index contributed by atoms with van der Waals surface area (Å²) in [5.74, 6) is 0.386. The van der Waals surface area contributed by atoms with Gasteiger partial charge in [-0.3, -0.25) is 4.90 Å². The third-order valence-electron chi connectivity index (χ3n) is 4.54. The summed E-state index contributed by atoms with van der Waals surface area (Å²) in [4.78, 5) is 2.51. The quantitative estimate of drug-likeness (QED) is 0.900. The van der Waals surface area contributed by atoms with Crippen LogP contribution in [0.4, 0.5) is 4.39 Å². The summed E-state index contributed by atoms with van der Waals surface area (Å²) in [6.45, 7) is 5.73. The number of ether oxygens (including phenoxy) is 1. The maximum Gasteiger partial charge on any atom is 0.137 e. The van der Waals surface area contributed by atoms with Crippen LogP contribution in [0, 0.1) is 11.7 Å². The summed E-state index contributed by atoms with van der Waals surface area (Å²) in [6, 6.07) is 5.90. The number of halogens is 2. The predicted octanol–water partition coefficient (Wildman–Crippen LogP) is 2.96. The number of hydrogen-bond donors (Lipinski definition) is 1. The monoisotopic (exact) mass is 356 g/mol. The third kappa shape index (κ3) is 3.65. The van der Waals surface area contributed by atoms with Crippen LogP contribution in [-0.2, 0) is 4.74 Å². The summed E-state index contributed by atoms with van der Waals surface area (Å²) >= 11 is 3.25. The molecule has 0 radical (unpaired) electrons. The molecular weight excluding hydrogens is 335 g/mol. The van der Waals surface area contributed by atoms with Crippen molar-refractivity contribution in [1.29, 1.82) is 0 Å². The molecule has 2 aliphatic rings. The van der Waals surface area contributed by atoms with E-state index in [0.717, 1.165) is 57.8 Å². The van der Waals surface area contributed by atoms with E-state index in [0.29, 0.717) is 16.4 Å². The van der Waals surface area contributed by atoms with Crippen molar-refractivity contribution in [3.8, 4) is 0 Å². The highest BCUT2D eigenvalue weighted by Crippen LogP contribution is 2.36. The fourth-order valence-electron chi connectivity index (χ4n) is 3.47. The minimum Gasteiger partial charge on any atom is -0.381 e. The molecule has 21 heavy (non-hydrogen) atoms. The van der Waals surface area contributed by atoms with Crippen molar-refractivity contribution in [3.63, 3.8) is 0 Å². The highest BCUT2D eigenvalue weighted by molar-refractivity contribution is 9.10. The number of nitrogens with zero attached hydrogens (tertiary/aromatic N) is 1. The molecule has 0 bridgehead atoms. The standard InChI is InChI=1S/C16H22BrFN2O/c17-14-2-1-13(11-15(14)18)16(12-3-9-21-10-4-12)20-7-5-19-6-8-20/h1-2,11-12,16,19H,3-10H2/t16-/m0/s1. The molecule has 3 rings (SSSR count). The van der Waals surface area contributed by atoms with E-state index in [1.165, 1.54) is 0 Å². The Labute approximate surface area is 134 Å². The zero-order chi connectivity index (χ0) is 14.7. The first kappa shape index (κ1) is 15.4. The van der Waals surface area contributed by atoms with Gasteiger partial charge in [-0.25, -0.2) is 4.39 Å². The smallest absolute Gasteiger partial charge is 0.137 e. The average Bonchev–Trinajstić information content (AvgIpc) is 2.53. The highest BCUT2D eigenvalue weighted by atomic mass is 79.9. The van der Waals surface area contributed by atoms with Crippen LogP contribution in [0.1, 0.15) is 24.4 Å². The fraction of sp³-hybridized carbons (Fsp3) is 0.625. The van der Waals surface area contributed by atoms with Crippen LogP contribution in [0.5, 0.6) is 0 Å². The molecule has 5 heteroatoms. The first-order valence-electron chi connectivity index (χ1n) is 7.73.